The zero-order valence-corrected chi connectivity index (χ0v) is 11.6. The third-order valence-electron chi connectivity index (χ3n) is 3.52. The smallest absolute Gasteiger partial charge is 0.332 e. The highest BCUT2D eigenvalue weighted by Crippen LogP contribution is 2.20. The van der Waals surface area contributed by atoms with Gasteiger partial charge in [-0.15, -0.1) is 0 Å². The molecular weight excluding hydrogens is 256 g/mol. The minimum atomic E-state index is -1.24. The van der Waals surface area contributed by atoms with Crippen molar-refractivity contribution in [3.63, 3.8) is 0 Å². The average molecular weight is 276 g/mol. The molecular formula is C15H20N2O3. The van der Waals surface area contributed by atoms with Gasteiger partial charge in [0.05, 0.1) is 6.61 Å². The summed E-state index contributed by atoms with van der Waals surface area (Å²) in [6, 6.07) is 6.98. The zero-order chi connectivity index (χ0) is 14.5. The summed E-state index contributed by atoms with van der Waals surface area (Å²) >= 11 is 0. The van der Waals surface area contributed by atoms with Gasteiger partial charge in [-0.2, -0.15) is 0 Å². The first-order chi connectivity index (χ1) is 9.61. The van der Waals surface area contributed by atoms with E-state index < -0.39 is 17.9 Å². The number of amides is 1. The molecule has 3 N–H and O–H groups in total. The maximum absolute atomic E-state index is 11.9. The van der Waals surface area contributed by atoms with E-state index in [4.69, 9.17) is 10.5 Å². The molecule has 108 valence electrons. The number of nitrogens with two attached hydrogens (primary N) is 1. The first kappa shape index (κ1) is 14.5. The molecule has 1 amide bonds. The Bertz CT molecular complexity index is 502. The lowest BCUT2D eigenvalue weighted by Gasteiger charge is -2.26. The van der Waals surface area contributed by atoms with E-state index in [0.29, 0.717) is 0 Å². The van der Waals surface area contributed by atoms with Crippen LogP contribution in [-0.2, 0) is 27.2 Å². The Morgan fingerprint density at radius 2 is 2.10 bits per heavy atom. The minimum Gasteiger partial charge on any atom is -0.464 e. The van der Waals surface area contributed by atoms with Crippen LogP contribution < -0.4 is 11.1 Å². The molecule has 2 atom stereocenters. The lowest BCUT2D eigenvalue weighted by Crippen LogP contribution is -2.51. The van der Waals surface area contributed by atoms with Crippen molar-refractivity contribution in [2.75, 3.05) is 6.61 Å². The van der Waals surface area contributed by atoms with Gasteiger partial charge in [-0.05, 0) is 37.3 Å². The van der Waals surface area contributed by atoms with E-state index in [1.54, 1.807) is 6.92 Å². The van der Waals surface area contributed by atoms with Gasteiger partial charge in [0.25, 0.3) is 0 Å². The van der Waals surface area contributed by atoms with E-state index in [1.165, 1.54) is 11.1 Å². The maximum atomic E-state index is 11.9. The van der Waals surface area contributed by atoms with Gasteiger partial charge >= 0.3 is 5.97 Å². The van der Waals surface area contributed by atoms with Crippen molar-refractivity contribution < 1.29 is 14.3 Å². The summed E-state index contributed by atoms with van der Waals surface area (Å²) in [5.74, 6) is -1.14. The Kier molecular flexibility index (Phi) is 4.74. The van der Waals surface area contributed by atoms with Crippen LogP contribution in [0.25, 0.3) is 0 Å². The van der Waals surface area contributed by atoms with Crippen molar-refractivity contribution in [3.05, 3.63) is 35.4 Å². The number of benzene rings is 1. The minimum absolute atomic E-state index is 0.0258. The van der Waals surface area contributed by atoms with Crippen LogP contribution in [0.1, 0.15) is 24.5 Å². The Labute approximate surface area is 118 Å². The topological polar surface area (TPSA) is 81.4 Å². The first-order valence-corrected chi connectivity index (χ1v) is 6.91. The fraction of sp³-hybridized carbons (Fsp3) is 0.467. The number of ether oxygens (including phenoxy) is 1. The van der Waals surface area contributed by atoms with Crippen LogP contribution in [0.2, 0.25) is 0 Å². The van der Waals surface area contributed by atoms with Crippen molar-refractivity contribution >= 4 is 11.9 Å². The summed E-state index contributed by atoms with van der Waals surface area (Å²) in [7, 11) is 0. The van der Waals surface area contributed by atoms with Crippen LogP contribution in [0.3, 0.4) is 0 Å². The quantitative estimate of drug-likeness (QED) is 0.621. The zero-order valence-electron chi connectivity index (χ0n) is 11.6. The third kappa shape index (κ3) is 3.36. The second-order valence-electron chi connectivity index (χ2n) is 4.95. The number of carbonyl (C=O) groups is 2. The van der Waals surface area contributed by atoms with E-state index in [2.05, 4.69) is 17.4 Å². The fourth-order valence-corrected chi connectivity index (χ4v) is 2.45. The van der Waals surface area contributed by atoms with E-state index in [-0.39, 0.29) is 12.6 Å². The van der Waals surface area contributed by atoms with Gasteiger partial charge in [0.1, 0.15) is 0 Å². The van der Waals surface area contributed by atoms with Crippen molar-refractivity contribution in [1.29, 1.82) is 0 Å². The third-order valence-corrected chi connectivity index (χ3v) is 3.52. The second kappa shape index (κ2) is 6.52. The van der Waals surface area contributed by atoms with E-state index in [0.717, 1.165) is 19.3 Å². The van der Waals surface area contributed by atoms with Crippen LogP contribution in [0.4, 0.5) is 0 Å². The largest absolute Gasteiger partial charge is 0.464 e. The molecule has 0 aromatic heterocycles. The number of rotatable bonds is 4. The molecule has 0 fully saturated rings. The van der Waals surface area contributed by atoms with Gasteiger partial charge in [-0.1, -0.05) is 24.3 Å². The summed E-state index contributed by atoms with van der Waals surface area (Å²) < 4.78 is 4.75. The summed E-state index contributed by atoms with van der Waals surface area (Å²) in [4.78, 5) is 23.3. The highest BCUT2D eigenvalue weighted by Gasteiger charge is 2.27. The van der Waals surface area contributed by atoms with Crippen LogP contribution in [0, 0.1) is 0 Å². The second-order valence-corrected chi connectivity index (χ2v) is 4.95. The number of fused-ring (bicyclic) bond motifs is 1. The number of hydrogen-bond acceptors (Lipinski definition) is 4. The molecule has 1 aliphatic carbocycles. The molecule has 0 aliphatic heterocycles. The Hall–Kier alpha value is -1.88. The maximum Gasteiger partial charge on any atom is 0.332 e. The van der Waals surface area contributed by atoms with Crippen molar-refractivity contribution in [2.45, 2.75) is 38.3 Å². The van der Waals surface area contributed by atoms with Gasteiger partial charge in [-0.3, -0.25) is 4.79 Å². The normalized spacial score (nSPS) is 18.8. The Morgan fingerprint density at radius 3 is 2.80 bits per heavy atom. The number of nitrogens with one attached hydrogen (secondary N) is 1. The van der Waals surface area contributed by atoms with Crippen molar-refractivity contribution in [3.8, 4) is 0 Å². The van der Waals surface area contributed by atoms with Crippen molar-refractivity contribution in [1.82, 2.24) is 5.32 Å². The molecule has 2 unspecified atom stereocenters. The lowest BCUT2D eigenvalue weighted by molar-refractivity contribution is -0.148. The molecule has 0 heterocycles. The molecule has 0 bridgehead atoms. The highest BCUT2D eigenvalue weighted by atomic mass is 16.5. The number of aryl methyl sites for hydroxylation is 1. The van der Waals surface area contributed by atoms with Gasteiger partial charge in [0, 0.05) is 6.04 Å². The standard InChI is InChI=1S/C15H20N2O3/c1-2-20-15(19)13(16)14(18)17-12-8-7-10-5-3-4-6-11(10)9-12/h3-6,12-13H,2,7-9,16H2,1H3,(H,17,18). The highest BCUT2D eigenvalue weighted by molar-refractivity contribution is 6.01. The van der Waals surface area contributed by atoms with E-state index >= 15 is 0 Å². The van der Waals surface area contributed by atoms with Gasteiger partial charge < -0.3 is 15.8 Å². The number of esters is 1. The molecule has 0 radical (unpaired) electrons. The molecule has 1 aliphatic rings. The van der Waals surface area contributed by atoms with Gasteiger partial charge in [-0.25, -0.2) is 4.79 Å². The van der Waals surface area contributed by atoms with Crippen LogP contribution >= 0.6 is 0 Å². The predicted octanol–water partition coefficient (Wildman–Crippen LogP) is 0.551. The summed E-state index contributed by atoms with van der Waals surface area (Å²) in [6.07, 6.45) is 2.56. The molecule has 5 nitrogen and oxygen atoms in total. The number of hydrogen-bond donors (Lipinski definition) is 2. The van der Waals surface area contributed by atoms with Crippen LogP contribution in [0.5, 0.6) is 0 Å². The fourth-order valence-electron chi connectivity index (χ4n) is 2.45. The summed E-state index contributed by atoms with van der Waals surface area (Å²) in [5, 5.41) is 2.83. The molecule has 1 aromatic carbocycles. The summed E-state index contributed by atoms with van der Waals surface area (Å²) in [6.45, 7) is 1.90. The van der Waals surface area contributed by atoms with Crippen LogP contribution in [-0.4, -0.2) is 30.6 Å². The molecule has 2 rings (SSSR count). The van der Waals surface area contributed by atoms with Crippen molar-refractivity contribution in [2.24, 2.45) is 5.73 Å². The first-order valence-electron chi connectivity index (χ1n) is 6.91. The van der Waals surface area contributed by atoms with E-state index in [9.17, 15) is 9.59 Å². The molecule has 20 heavy (non-hydrogen) atoms. The van der Waals surface area contributed by atoms with E-state index in [1.807, 2.05) is 12.1 Å². The Balaban J connectivity index is 1.92. The monoisotopic (exact) mass is 276 g/mol. The summed E-state index contributed by atoms with van der Waals surface area (Å²) in [5.41, 5.74) is 8.14. The van der Waals surface area contributed by atoms with Crippen LogP contribution in [0.15, 0.2) is 24.3 Å². The molecule has 0 saturated carbocycles. The predicted molar refractivity (Wildman–Crippen MR) is 75.0 cm³/mol. The van der Waals surface area contributed by atoms with Gasteiger partial charge in [0.15, 0.2) is 6.04 Å². The SMILES string of the molecule is CCOC(=O)C(N)C(=O)NC1CCc2ccccc2C1. The van der Waals surface area contributed by atoms with Gasteiger partial charge in [0.2, 0.25) is 5.91 Å². The Morgan fingerprint density at radius 1 is 1.40 bits per heavy atom. The molecule has 0 saturated heterocycles. The molecule has 5 heteroatoms. The lowest BCUT2D eigenvalue weighted by atomic mass is 9.88. The average Bonchev–Trinajstić information content (AvgIpc) is 2.46. The number of carbonyl (C=O) groups excluding carboxylic acids is 2. The molecule has 0 spiro atoms. The molecule has 1 aromatic rings.